The monoisotopic (exact) mass is 246 g/mol. The molecule has 2 atom stereocenters. The maximum absolute atomic E-state index is 3.36. The lowest BCUT2D eigenvalue weighted by Gasteiger charge is -2.34. The van der Waals surface area contributed by atoms with E-state index < -0.39 is 0 Å². The van der Waals surface area contributed by atoms with Crippen molar-refractivity contribution in [3.05, 3.63) is 35.9 Å². The van der Waals surface area contributed by atoms with Crippen LogP contribution in [0.2, 0.25) is 0 Å². The molecular weight excluding hydrogens is 220 g/mol. The Morgan fingerprint density at radius 2 is 2.11 bits per heavy atom. The lowest BCUT2D eigenvalue weighted by atomic mass is 9.91. The minimum atomic E-state index is 0.645. The van der Waals surface area contributed by atoms with Crippen molar-refractivity contribution in [2.75, 3.05) is 20.1 Å². The average molecular weight is 246 g/mol. The molecule has 1 aromatic carbocycles. The third-order valence-corrected chi connectivity index (χ3v) is 4.03. The second-order valence-electron chi connectivity index (χ2n) is 5.65. The van der Waals surface area contributed by atoms with E-state index in [-0.39, 0.29) is 0 Å². The van der Waals surface area contributed by atoms with Crippen LogP contribution in [0.3, 0.4) is 0 Å². The van der Waals surface area contributed by atoms with Crippen molar-refractivity contribution in [2.24, 2.45) is 5.92 Å². The van der Waals surface area contributed by atoms with E-state index in [4.69, 9.17) is 0 Å². The second-order valence-corrected chi connectivity index (χ2v) is 5.65. The maximum Gasteiger partial charge on any atom is 0.0233 e. The molecule has 0 saturated carbocycles. The van der Waals surface area contributed by atoms with Gasteiger partial charge in [0, 0.05) is 19.1 Å². The Bertz CT molecular complexity index is 336. The fraction of sp³-hybridized carbons (Fsp3) is 0.625. The summed E-state index contributed by atoms with van der Waals surface area (Å²) >= 11 is 0. The van der Waals surface area contributed by atoms with Crippen LogP contribution in [-0.2, 0) is 6.54 Å². The molecule has 0 aromatic heterocycles. The molecule has 0 radical (unpaired) electrons. The summed E-state index contributed by atoms with van der Waals surface area (Å²) in [6, 6.07) is 11.5. The fourth-order valence-electron chi connectivity index (χ4n) is 2.95. The number of likely N-dealkylation sites (tertiary alicyclic amines) is 1. The van der Waals surface area contributed by atoms with Crippen LogP contribution >= 0.6 is 0 Å². The van der Waals surface area contributed by atoms with Crippen molar-refractivity contribution in [1.82, 2.24) is 10.2 Å². The number of hydrogen-bond donors (Lipinski definition) is 1. The molecule has 0 spiro atoms. The standard InChI is InChI=1S/C16H26N2/c1-14(17-2)11-16-9-6-10-18(13-16)12-15-7-4-3-5-8-15/h3-5,7-8,14,16-17H,6,9-13H2,1-2H3. The molecule has 2 unspecified atom stereocenters. The van der Waals surface area contributed by atoms with Gasteiger partial charge in [-0.2, -0.15) is 0 Å². The van der Waals surface area contributed by atoms with Gasteiger partial charge in [0.15, 0.2) is 0 Å². The zero-order chi connectivity index (χ0) is 12.8. The van der Waals surface area contributed by atoms with Crippen molar-refractivity contribution >= 4 is 0 Å². The third-order valence-electron chi connectivity index (χ3n) is 4.03. The first-order valence-electron chi connectivity index (χ1n) is 7.21. The molecule has 1 fully saturated rings. The first-order valence-corrected chi connectivity index (χ1v) is 7.21. The highest BCUT2D eigenvalue weighted by Crippen LogP contribution is 2.22. The van der Waals surface area contributed by atoms with Crippen molar-refractivity contribution < 1.29 is 0 Å². The molecule has 18 heavy (non-hydrogen) atoms. The van der Waals surface area contributed by atoms with E-state index in [1.54, 1.807) is 0 Å². The summed E-state index contributed by atoms with van der Waals surface area (Å²) in [6.07, 6.45) is 4.06. The Kier molecular flexibility index (Phi) is 5.21. The summed E-state index contributed by atoms with van der Waals surface area (Å²) in [4.78, 5) is 2.62. The summed E-state index contributed by atoms with van der Waals surface area (Å²) in [7, 11) is 2.06. The van der Waals surface area contributed by atoms with Gasteiger partial charge in [-0.15, -0.1) is 0 Å². The van der Waals surface area contributed by atoms with Crippen molar-refractivity contribution in [2.45, 2.75) is 38.8 Å². The minimum Gasteiger partial charge on any atom is -0.317 e. The Morgan fingerprint density at radius 1 is 1.33 bits per heavy atom. The molecule has 1 aromatic rings. The van der Waals surface area contributed by atoms with Gasteiger partial charge in [0.2, 0.25) is 0 Å². The number of nitrogens with zero attached hydrogens (tertiary/aromatic N) is 1. The van der Waals surface area contributed by atoms with Crippen molar-refractivity contribution in [1.29, 1.82) is 0 Å². The van der Waals surface area contributed by atoms with Gasteiger partial charge in [0.25, 0.3) is 0 Å². The van der Waals surface area contributed by atoms with E-state index in [0.29, 0.717) is 6.04 Å². The van der Waals surface area contributed by atoms with Crippen LogP contribution in [0.15, 0.2) is 30.3 Å². The maximum atomic E-state index is 3.36. The summed E-state index contributed by atoms with van der Waals surface area (Å²) in [5, 5.41) is 3.36. The average Bonchev–Trinajstić information content (AvgIpc) is 2.40. The highest BCUT2D eigenvalue weighted by Gasteiger charge is 2.21. The summed E-state index contributed by atoms with van der Waals surface area (Å²) in [5.74, 6) is 0.866. The number of hydrogen-bond acceptors (Lipinski definition) is 2. The van der Waals surface area contributed by atoms with Crippen molar-refractivity contribution in [3.63, 3.8) is 0 Å². The van der Waals surface area contributed by atoms with Crippen LogP contribution in [0.25, 0.3) is 0 Å². The second kappa shape index (κ2) is 6.91. The van der Waals surface area contributed by atoms with Gasteiger partial charge in [0.1, 0.15) is 0 Å². The van der Waals surface area contributed by atoms with Gasteiger partial charge < -0.3 is 5.32 Å². The highest BCUT2D eigenvalue weighted by molar-refractivity contribution is 5.14. The number of rotatable bonds is 5. The normalized spacial score (nSPS) is 22.9. The zero-order valence-electron chi connectivity index (χ0n) is 11.7. The minimum absolute atomic E-state index is 0.645. The summed E-state index contributed by atoms with van der Waals surface area (Å²) in [5.41, 5.74) is 1.44. The van der Waals surface area contributed by atoms with E-state index in [9.17, 15) is 0 Å². The molecule has 2 heteroatoms. The van der Waals surface area contributed by atoms with Crippen LogP contribution in [0.4, 0.5) is 0 Å². The lowest BCUT2D eigenvalue weighted by Crippen LogP contribution is -2.37. The van der Waals surface area contributed by atoms with E-state index >= 15 is 0 Å². The van der Waals surface area contributed by atoms with Crippen molar-refractivity contribution in [3.8, 4) is 0 Å². The predicted molar refractivity (Wildman–Crippen MR) is 77.6 cm³/mol. The predicted octanol–water partition coefficient (Wildman–Crippen LogP) is 2.90. The van der Waals surface area contributed by atoms with Gasteiger partial charge in [-0.3, -0.25) is 4.90 Å². The van der Waals surface area contributed by atoms with Gasteiger partial charge in [-0.1, -0.05) is 30.3 Å². The Balaban J connectivity index is 1.83. The largest absolute Gasteiger partial charge is 0.317 e. The SMILES string of the molecule is CNC(C)CC1CCCN(Cc2ccccc2)C1. The third kappa shape index (κ3) is 4.11. The quantitative estimate of drug-likeness (QED) is 0.859. The van der Waals surface area contributed by atoms with Crippen LogP contribution in [-0.4, -0.2) is 31.1 Å². The smallest absolute Gasteiger partial charge is 0.0233 e. The first kappa shape index (κ1) is 13.6. The molecule has 0 aliphatic carbocycles. The number of piperidine rings is 1. The molecule has 1 saturated heterocycles. The van der Waals surface area contributed by atoms with E-state index in [0.717, 1.165) is 12.5 Å². The van der Waals surface area contributed by atoms with Gasteiger partial charge in [-0.05, 0) is 51.3 Å². The Labute approximate surface area is 111 Å². The van der Waals surface area contributed by atoms with E-state index in [2.05, 4.69) is 54.5 Å². The summed E-state index contributed by atoms with van der Waals surface area (Å²) in [6.45, 7) is 5.93. The molecular formula is C16H26N2. The molecule has 1 aliphatic heterocycles. The molecule has 1 N–H and O–H groups in total. The molecule has 2 nitrogen and oxygen atoms in total. The molecule has 100 valence electrons. The summed E-state index contributed by atoms with van der Waals surface area (Å²) < 4.78 is 0. The van der Waals surface area contributed by atoms with Crippen LogP contribution in [0.1, 0.15) is 31.7 Å². The molecule has 1 aliphatic rings. The lowest BCUT2D eigenvalue weighted by molar-refractivity contribution is 0.155. The van der Waals surface area contributed by atoms with Crippen LogP contribution in [0.5, 0.6) is 0 Å². The van der Waals surface area contributed by atoms with Gasteiger partial charge >= 0.3 is 0 Å². The topological polar surface area (TPSA) is 15.3 Å². The van der Waals surface area contributed by atoms with E-state index in [1.807, 2.05) is 0 Å². The number of benzene rings is 1. The molecule has 0 bridgehead atoms. The fourth-order valence-corrected chi connectivity index (χ4v) is 2.95. The Hall–Kier alpha value is -0.860. The highest BCUT2D eigenvalue weighted by atomic mass is 15.1. The van der Waals surface area contributed by atoms with Crippen LogP contribution < -0.4 is 5.32 Å². The Morgan fingerprint density at radius 3 is 2.83 bits per heavy atom. The zero-order valence-corrected chi connectivity index (χ0v) is 11.7. The first-order chi connectivity index (χ1) is 8.78. The number of nitrogens with one attached hydrogen (secondary N) is 1. The molecule has 2 rings (SSSR count). The van der Waals surface area contributed by atoms with Crippen LogP contribution in [0, 0.1) is 5.92 Å². The molecule has 1 heterocycles. The van der Waals surface area contributed by atoms with E-state index in [1.165, 1.54) is 37.9 Å². The van der Waals surface area contributed by atoms with Gasteiger partial charge in [0.05, 0.1) is 0 Å². The van der Waals surface area contributed by atoms with Gasteiger partial charge in [-0.25, -0.2) is 0 Å². The molecule has 0 amide bonds.